The minimum Gasteiger partial charge on any atom is -0.368 e. The Labute approximate surface area is 201 Å². The molecule has 3 heterocycles. The number of anilines is 1. The molecule has 0 radical (unpaired) electrons. The highest BCUT2D eigenvalue weighted by Crippen LogP contribution is 2.35. The first-order chi connectivity index (χ1) is 16.0. The SMILES string of the molecule is Cc1nc(-c2ccc(F)cc2)sc1C1CC(C(=O)N2CCN(c3cccc(Cl)c3)CC2)NN1. The van der Waals surface area contributed by atoms with E-state index in [1.807, 2.05) is 36.1 Å². The Bertz CT molecular complexity index is 1150. The van der Waals surface area contributed by atoms with Gasteiger partial charge in [0, 0.05) is 47.3 Å². The highest BCUT2D eigenvalue weighted by atomic mass is 35.5. The smallest absolute Gasteiger partial charge is 0.241 e. The van der Waals surface area contributed by atoms with E-state index >= 15 is 0 Å². The van der Waals surface area contributed by atoms with E-state index in [4.69, 9.17) is 11.6 Å². The maximum atomic E-state index is 13.2. The lowest BCUT2D eigenvalue weighted by Crippen LogP contribution is -2.53. The van der Waals surface area contributed by atoms with Gasteiger partial charge in [0.2, 0.25) is 5.91 Å². The van der Waals surface area contributed by atoms with Crippen LogP contribution >= 0.6 is 22.9 Å². The summed E-state index contributed by atoms with van der Waals surface area (Å²) in [6, 6.07) is 13.9. The lowest BCUT2D eigenvalue weighted by atomic mass is 10.1. The fourth-order valence-corrected chi connectivity index (χ4v) is 5.74. The summed E-state index contributed by atoms with van der Waals surface area (Å²) in [5.41, 5.74) is 9.40. The Morgan fingerprint density at radius 3 is 2.61 bits per heavy atom. The third kappa shape index (κ3) is 4.75. The van der Waals surface area contributed by atoms with E-state index in [9.17, 15) is 9.18 Å². The number of nitrogens with zero attached hydrogens (tertiary/aromatic N) is 3. The predicted molar refractivity (Wildman–Crippen MR) is 130 cm³/mol. The van der Waals surface area contributed by atoms with E-state index in [-0.39, 0.29) is 23.8 Å². The molecule has 5 rings (SSSR count). The van der Waals surface area contributed by atoms with Crippen LogP contribution in [0.3, 0.4) is 0 Å². The zero-order valence-corrected chi connectivity index (χ0v) is 19.8. The van der Waals surface area contributed by atoms with Crippen LogP contribution in [0.4, 0.5) is 10.1 Å². The molecule has 1 amide bonds. The predicted octanol–water partition coefficient (Wildman–Crippen LogP) is 4.17. The fraction of sp³-hybridized carbons (Fsp3) is 0.333. The van der Waals surface area contributed by atoms with Gasteiger partial charge in [-0.3, -0.25) is 4.79 Å². The van der Waals surface area contributed by atoms with Crippen molar-refractivity contribution in [3.8, 4) is 10.6 Å². The Kier molecular flexibility index (Phi) is 6.34. The maximum Gasteiger partial charge on any atom is 0.241 e. The topological polar surface area (TPSA) is 60.5 Å². The highest BCUT2D eigenvalue weighted by Gasteiger charge is 2.35. The zero-order valence-electron chi connectivity index (χ0n) is 18.2. The van der Waals surface area contributed by atoms with Crippen LogP contribution in [0.5, 0.6) is 0 Å². The van der Waals surface area contributed by atoms with Crippen LogP contribution in [0.15, 0.2) is 48.5 Å². The Morgan fingerprint density at radius 2 is 1.88 bits per heavy atom. The molecule has 9 heteroatoms. The van der Waals surface area contributed by atoms with Crippen molar-refractivity contribution in [3.05, 3.63) is 69.9 Å². The Morgan fingerprint density at radius 1 is 1.12 bits per heavy atom. The van der Waals surface area contributed by atoms with Crippen molar-refractivity contribution in [3.63, 3.8) is 0 Å². The molecule has 2 N–H and O–H groups in total. The second-order valence-corrected chi connectivity index (χ2v) is 9.86. The van der Waals surface area contributed by atoms with E-state index in [0.717, 1.165) is 44.9 Å². The quantitative estimate of drug-likeness (QED) is 0.581. The van der Waals surface area contributed by atoms with Gasteiger partial charge in [-0.2, -0.15) is 0 Å². The van der Waals surface area contributed by atoms with Gasteiger partial charge in [-0.15, -0.1) is 11.3 Å². The van der Waals surface area contributed by atoms with Crippen LogP contribution in [0, 0.1) is 12.7 Å². The summed E-state index contributed by atoms with van der Waals surface area (Å²) in [6.07, 6.45) is 0.666. The molecule has 0 aliphatic carbocycles. The van der Waals surface area contributed by atoms with Gasteiger partial charge in [0.15, 0.2) is 0 Å². The molecule has 0 saturated carbocycles. The van der Waals surface area contributed by atoms with Crippen molar-refractivity contribution in [1.29, 1.82) is 0 Å². The molecule has 2 saturated heterocycles. The van der Waals surface area contributed by atoms with Crippen molar-refractivity contribution in [2.45, 2.75) is 25.4 Å². The summed E-state index contributed by atoms with van der Waals surface area (Å²) in [4.78, 5) is 23.1. The lowest BCUT2D eigenvalue weighted by molar-refractivity contribution is -0.133. The molecule has 3 aromatic rings. The molecule has 2 aliphatic heterocycles. The number of hydrogen-bond donors (Lipinski definition) is 2. The minimum atomic E-state index is -0.275. The summed E-state index contributed by atoms with van der Waals surface area (Å²) < 4.78 is 13.2. The molecule has 2 fully saturated rings. The number of hydrogen-bond acceptors (Lipinski definition) is 6. The molecule has 2 unspecified atom stereocenters. The molecular formula is C24H25ClFN5OS. The third-order valence-electron chi connectivity index (χ3n) is 6.21. The normalized spacial score (nSPS) is 20.9. The van der Waals surface area contributed by atoms with Crippen LogP contribution < -0.4 is 15.8 Å². The first-order valence-electron chi connectivity index (χ1n) is 11.0. The van der Waals surface area contributed by atoms with Crippen molar-refractivity contribution in [2.75, 3.05) is 31.1 Å². The first kappa shape index (κ1) is 22.3. The van der Waals surface area contributed by atoms with Gasteiger partial charge < -0.3 is 9.80 Å². The molecule has 2 aromatic carbocycles. The highest BCUT2D eigenvalue weighted by molar-refractivity contribution is 7.15. The zero-order chi connectivity index (χ0) is 22.9. The molecule has 172 valence electrons. The van der Waals surface area contributed by atoms with Gasteiger partial charge >= 0.3 is 0 Å². The number of piperazine rings is 1. The van der Waals surface area contributed by atoms with Gasteiger partial charge in [0.05, 0.1) is 11.7 Å². The molecule has 33 heavy (non-hydrogen) atoms. The largest absolute Gasteiger partial charge is 0.368 e. The van der Waals surface area contributed by atoms with Gasteiger partial charge in [0.25, 0.3) is 0 Å². The van der Waals surface area contributed by atoms with E-state index < -0.39 is 0 Å². The van der Waals surface area contributed by atoms with Crippen LogP contribution in [-0.2, 0) is 4.79 Å². The average Bonchev–Trinajstić information content (AvgIpc) is 3.46. The number of carbonyl (C=O) groups is 1. The second-order valence-electron chi connectivity index (χ2n) is 8.40. The van der Waals surface area contributed by atoms with Gasteiger partial charge in [-0.1, -0.05) is 17.7 Å². The van der Waals surface area contributed by atoms with Gasteiger partial charge in [-0.25, -0.2) is 20.2 Å². The molecular weight excluding hydrogens is 461 g/mol. The fourth-order valence-electron chi connectivity index (χ4n) is 4.42. The van der Waals surface area contributed by atoms with Crippen molar-refractivity contribution >= 4 is 34.5 Å². The van der Waals surface area contributed by atoms with Crippen molar-refractivity contribution in [1.82, 2.24) is 20.7 Å². The molecule has 1 aromatic heterocycles. The van der Waals surface area contributed by atoms with Gasteiger partial charge in [0.1, 0.15) is 16.9 Å². The summed E-state index contributed by atoms with van der Waals surface area (Å²) in [7, 11) is 0. The monoisotopic (exact) mass is 485 g/mol. The summed E-state index contributed by atoms with van der Waals surface area (Å²) >= 11 is 7.71. The molecule has 0 bridgehead atoms. The van der Waals surface area contributed by atoms with Crippen molar-refractivity contribution < 1.29 is 9.18 Å². The number of hydrazine groups is 1. The third-order valence-corrected chi connectivity index (χ3v) is 7.76. The van der Waals surface area contributed by atoms with Crippen LogP contribution in [0.25, 0.3) is 10.6 Å². The standard InChI is InChI=1S/C24H25ClFN5OS/c1-15-22(33-23(27-15)16-5-7-18(26)8-6-16)20-14-21(29-28-20)24(32)31-11-9-30(10-12-31)19-4-2-3-17(25)13-19/h2-8,13,20-21,28-29H,9-12,14H2,1H3. The minimum absolute atomic E-state index is 0.0124. The van der Waals surface area contributed by atoms with E-state index in [1.54, 1.807) is 23.5 Å². The second kappa shape index (κ2) is 9.38. The summed E-state index contributed by atoms with van der Waals surface area (Å²) in [5, 5.41) is 1.58. The molecule has 2 atom stereocenters. The molecule has 6 nitrogen and oxygen atoms in total. The number of benzene rings is 2. The summed E-state index contributed by atoms with van der Waals surface area (Å²) in [5.74, 6) is -0.139. The number of aryl methyl sites for hydroxylation is 1. The van der Waals surface area contributed by atoms with E-state index in [2.05, 4.69) is 20.7 Å². The van der Waals surface area contributed by atoms with Crippen LogP contribution in [0.1, 0.15) is 23.0 Å². The van der Waals surface area contributed by atoms with Crippen LogP contribution in [0.2, 0.25) is 5.02 Å². The average molecular weight is 486 g/mol. The molecule has 0 spiro atoms. The number of nitrogens with one attached hydrogen (secondary N) is 2. The number of amides is 1. The van der Waals surface area contributed by atoms with Crippen molar-refractivity contribution in [2.24, 2.45) is 0 Å². The lowest BCUT2D eigenvalue weighted by Gasteiger charge is -2.37. The van der Waals surface area contributed by atoms with E-state index in [1.165, 1.54) is 12.1 Å². The maximum absolute atomic E-state index is 13.2. The van der Waals surface area contributed by atoms with Crippen LogP contribution in [-0.4, -0.2) is 48.0 Å². The number of halogens is 2. The summed E-state index contributed by atoms with van der Waals surface area (Å²) in [6.45, 7) is 4.91. The van der Waals surface area contributed by atoms with Gasteiger partial charge in [-0.05, 0) is 55.8 Å². The number of thiazole rings is 1. The van der Waals surface area contributed by atoms with E-state index in [0.29, 0.717) is 19.5 Å². The first-order valence-corrected chi connectivity index (χ1v) is 12.2. The Hall–Kier alpha value is -2.52. The number of rotatable bonds is 4. The molecule has 2 aliphatic rings. The number of carbonyl (C=O) groups excluding carboxylic acids is 1. The Balaban J connectivity index is 1.20. The number of aromatic nitrogens is 1.